The number of esters is 1. The lowest BCUT2D eigenvalue weighted by Gasteiger charge is -2.29. The first-order valence-corrected chi connectivity index (χ1v) is 12.6. The number of aliphatic hydroxyl groups is 1. The summed E-state index contributed by atoms with van der Waals surface area (Å²) in [4.78, 5) is 37.2. The number of carbonyl (C=O) groups is 2. The van der Waals surface area contributed by atoms with Gasteiger partial charge in [0.1, 0.15) is 0 Å². The Hall–Kier alpha value is -3.60. The number of carbonyl (C=O) groups excluding carboxylic acids is 2. The molecule has 0 spiro atoms. The van der Waals surface area contributed by atoms with E-state index in [1.54, 1.807) is 12.2 Å². The molecule has 5 rings (SSSR count). The molecule has 1 aliphatic heterocycles. The van der Waals surface area contributed by atoms with Crippen molar-refractivity contribution in [2.75, 3.05) is 30.5 Å². The van der Waals surface area contributed by atoms with Crippen LogP contribution < -0.4 is 10.2 Å². The van der Waals surface area contributed by atoms with E-state index < -0.39 is 5.97 Å². The summed E-state index contributed by atoms with van der Waals surface area (Å²) in [6.45, 7) is 1.04. The van der Waals surface area contributed by atoms with Gasteiger partial charge in [-0.3, -0.25) is 10.1 Å². The molecule has 0 bridgehead atoms. The number of para-hydroxylation sites is 1. The second-order valence-corrected chi connectivity index (χ2v) is 9.88. The molecule has 2 aromatic carbocycles. The number of aromatic nitrogens is 2. The van der Waals surface area contributed by atoms with Crippen LogP contribution in [0, 0.1) is 0 Å². The lowest BCUT2D eigenvalue weighted by atomic mass is 9.94. The van der Waals surface area contributed by atoms with Crippen molar-refractivity contribution in [1.29, 1.82) is 0 Å². The van der Waals surface area contributed by atoms with Crippen molar-refractivity contribution in [3.63, 3.8) is 0 Å². The molecule has 2 aromatic heterocycles. The average Bonchev–Trinajstić information content (AvgIpc) is 3.50. The topological polar surface area (TPSA) is 105 Å². The SMILES string of the molecule is COC(=O)c1nc(N2CCc3cccc(C(=O)Nc4nc5ccccc5s4)c3C2)sc1C=CCO. The van der Waals surface area contributed by atoms with Crippen LogP contribution in [0.15, 0.2) is 48.5 Å². The fraction of sp³-hybridized carbons (Fsp3) is 0.200. The molecular formula is C25H22N4O4S2. The molecule has 0 aliphatic carbocycles. The van der Waals surface area contributed by atoms with E-state index in [9.17, 15) is 9.59 Å². The molecule has 10 heteroatoms. The average molecular weight is 507 g/mol. The minimum absolute atomic E-state index is 0.141. The number of thiazole rings is 2. The molecule has 0 radical (unpaired) electrons. The van der Waals surface area contributed by atoms with Crippen molar-refractivity contribution in [3.8, 4) is 0 Å². The standard InChI is InChI=1S/C25H22N4O4S2/c1-33-23(32)21-20(10-5-13-30)35-25(27-21)29-12-11-15-6-4-7-16(17(15)14-29)22(31)28-24-26-18-8-2-3-9-19(18)34-24/h2-10,30H,11-14H2,1H3,(H,26,28,31). The van der Waals surface area contributed by atoms with Crippen LogP contribution in [-0.2, 0) is 17.7 Å². The summed E-state index contributed by atoms with van der Waals surface area (Å²) >= 11 is 2.79. The Balaban J connectivity index is 1.42. The van der Waals surface area contributed by atoms with Crippen molar-refractivity contribution >= 4 is 61.1 Å². The van der Waals surface area contributed by atoms with Gasteiger partial charge in [-0.05, 0) is 41.8 Å². The predicted molar refractivity (Wildman–Crippen MR) is 138 cm³/mol. The summed E-state index contributed by atoms with van der Waals surface area (Å²) < 4.78 is 5.89. The summed E-state index contributed by atoms with van der Waals surface area (Å²) in [5.74, 6) is -0.734. The highest BCUT2D eigenvalue weighted by Gasteiger charge is 2.26. The van der Waals surface area contributed by atoms with E-state index in [2.05, 4.69) is 20.2 Å². The molecule has 1 amide bonds. The monoisotopic (exact) mass is 506 g/mol. The number of aliphatic hydroxyl groups excluding tert-OH is 1. The number of fused-ring (bicyclic) bond motifs is 2. The number of hydrogen-bond donors (Lipinski definition) is 2. The lowest BCUT2D eigenvalue weighted by Crippen LogP contribution is -2.32. The number of anilines is 2. The highest BCUT2D eigenvalue weighted by Crippen LogP contribution is 2.33. The fourth-order valence-corrected chi connectivity index (χ4v) is 5.89. The molecule has 1 aliphatic rings. The maximum atomic E-state index is 13.2. The Labute approximate surface area is 209 Å². The molecular weight excluding hydrogens is 484 g/mol. The highest BCUT2D eigenvalue weighted by molar-refractivity contribution is 7.22. The normalized spacial score (nSPS) is 13.3. The Morgan fingerprint density at radius 2 is 2.03 bits per heavy atom. The minimum atomic E-state index is -0.529. The molecule has 0 saturated carbocycles. The fourth-order valence-electron chi connectivity index (χ4n) is 4.02. The van der Waals surface area contributed by atoms with Crippen LogP contribution in [0.2, 0.25) is 0 Å². The van der Waals surface area contributed by atoms with E-state index in [0.29, 0.717) is 33.8 Å². The molecule has 4 aromatic rings. The van der Waals surface area contributed by atoms with Gasteiger partial charge in [0, 0.05) is 18.7 Å². The van der Waals surface area contributed by atoms with Gasteiger partial charge in [0.2, 0.25) is 0 Å². The molecule has 35 heavy (non-hydrogen) atoms. The number of nitrogens with one attached hydrogen (secondary N) is 1. The number of nitrogens with zero attached hydrogens (tertiary/aromatic N) is 3. The number of rotatable bonds is 6. The zero-order valence-electron chi connectivity index (χ0n) is 18.9. The number of methoxy groups -OCH3 is 1. The third kappa shape index (κ3) is 4.68. The van der Waals surface area contributed by atoms with Crippen LogP contribution in [0.4, 0.5) is 10.3 Å². The minimum Gasteiger partial charge on any atom is -0.464 e. The molecule has 0 atom stereocenters. The van der Waals surface area contributed by atoms with Crippen molar-refractivity contribution < 1.29 is 19.4 Å². The quantitative estimate of drug-likeness (QED) is 0.375. The van der Waals surface area contributed by atoms with Crippen molar-refractivity contribution in [1.82, 2.24) is 9.97 Å². The van der Waals surface area contributed by atoms with Gasteiger partial charge >= 0.3 is 5.97 Å². The number of ether oxygens (including phenoxy) is 1. The smallest absolute Gasteiger partial charge is 0.358 e. The molecule has 0 fully saturated rings. The first-order chi connectivity index (χ1) is 17.1. The van der Waals surface area contributed by atoms with Crippen LogP contribution in [0.25, 0.3) is 16.3 Å². The van der Waals surface area contributed by atoms with Gasteiger partial charge in [-0.2, -0.15) is 0 Å². The van der Waals surface area contributed by atoms with Gasteiger partial charge in [-0.25, -0.2) is 14.8 Å². The summed E-state index contributed by atoms with van der Waals surface area (Å²) in [5.41, 5.74) is 3.70. The first kappa shape index (κ1) is 23.2. The lowest BCUT2D eigenvalue weighted by molar-refractivity contribution is 0.0594. The van der Waals surface area contributed by atoms with Gasteiger partial charge in [-0.1, -0.05) is 53.0 Å². The van der Waals surface area contributed by atoms with Gasteiger partial charge in [0.15, 0.2) is 16.0 Å². The number of hydrogen-bond acceptors (Lipinski definition) is 9. The molecule has 178 valence electrons. The summed E-state index contributed by atoms with van der Waals surface area (Å²) in [7, 11) is 1.31. The van der Waals surface area contributed by atoms with Crippen LogP contribution >= 0.6 is 22.7 Å². The predicted octanol–water partition coefficient (Wildman–Crippen LogP) is 4.36. The van der Waals surface area contributed by atoms with Crippen LogP contribution in [-0.4, -0.2) is 47.2 Å². The Kier molecular flexibility index (Phi) is 6.58. The van der Waals surface area contributed by atoms with Crippen molar-refractivity contribution in [2.24, 2.45) is 0 Å². The van der Waals surface area contributed by atoms with Gasteiger partial charge in [0.05, 0.1) is 28.8 Å². The maximum Gasteiger partial charge on any atom is 0.358 e. The van der Waals surface area contributed by atoms with Gasteiger partial charge < -0.3 is 14.7 Å². The highest BCUT2D eigenvalue weighted by atomic mass is 32.1. The van der Waals surface area contributed by atoms with E-state index in [1.807, 2.05) is 42.5 Å². The molecule has 0 saturated heterocycles. The number of benzene rings is 2. The largest absolute Gasteiger partial charge is 0.464 e. The van der Waals surface area contributed by atoms with E-state index in [1.165, 1.54) is 29.8 Å². The van der Waals surface area contributed by atoms with E-state index >= 15 is 0 Å². The van der Waals surface area contributed by atoms with E-state index in [4.69, 9.17) is 9.84 Å². The van der Waals surface area contributed by atoms with E-state index in [-0.39, 0.29) is 18.2 Å². The van der Waals surface area contributed by atoms with Crippen LogP contribution in [0.1, 0.15) is 36.9 Å². The third-order valence-corrected chi connectivity index (χ3v) is 7.73. The zero-order chi connectivity index (χ0) is 24.4. The van der Waals surface area contributed by atoms with Gasteiger partial charge in [0.25, 0.3) is 5.91 Å². The maximum absolute atomic E-state index is 13.2. The molecule has 3 heterocycles. The first-order valence-electron chi connectivity index (χ1n) is 11.0. The van der Waals surface area contributed by atoms with E-state index in [0.717, 1.165) is 27.8 Å². The molecule has 0 unspecified atom stereocenters. The van der Waals surface area contributed by atoms with Crippen LogP contribution in [0.5, 0.6) is 0 Å². The summed E-state index contributed by atoms with van der Waals surface area (Å²) in [5, 5.41) is 13.3. The second kappa shape index (κ2) is 9.95. The van der Waals surface area contributed by atoms with Crippen LogP contribution in [0.3, 0.4) is 0 Å². The summed E-state index contributed by atoms with van der Waals surface area (Å²) in [6.07, 6.45) is 3.97. The Morgan fingerprint density at radius 1 is 1.17 bits per heavy atom. The van der Waals surface area contributed by atoms with Crippen molar-refractivity contribution in [2.45, 2.75) is 13.0 Å². The number of amides is 1. The van der Waals surface area contributed by atoms with Crippen molar-refractivity contribution in [3.05, 3.63) is 75.8 Å². The molecule has 2 N–H and O–H groups in total. The third-order valence-electron chi connectivity index (χ3n) is 5.70. The second-order valence-electron chi connectivity index (χ2n) is 7.84. The van der Waals surface area contributed by atoms with Gasteiger partial charge in [-0.15, -0.1) is 0 Å². The Morgan fingerprint density at radius 3 is 2.83 bits per heavy atom. The Bertz CT molecular complexity index is 1410. The summed E-state index contributed by atoms with van der Waals surface area (Å²) in [6, 6.07) is 13.5. The molecule has 8 nitrogen and oxygen atoms in total. The zero-order valence-corrected chi connectivity index (χ0v) is 20.5.